The molecule has 0 fully saturated rings. The van der Waals surface area contributed by atoms with Crippen LogP contribution in [0, 0.1) is 12.3 Å². The number of nitrogens with one attached hydrogen (secondary N) is 1. The number of ether oxygens (including phenoxy) is 1. The maximum Gasteiger partial charge on any atom is 0.350 e. The fourth-order valence-electron chi connectivity index (χ4n) is 1.65. The maximum atomic E-state index is 10.7. The van der Waals surface area contributed by atoms with E-state index in [1.165, 1.54) is 6.33 Å². The molecule has 3 N–H and O–H groups in total. The van der Waals surface area contributed by atoms with Crippen molar-refractivity contribution in [3.05, 3.63) is 12.7 Å². The van der Waals surface area contributed by atoms with Crippen LogP contribution in [-0.4, -0.2) is 48.8 Å². The molecule has 112 valence electrons. The second-order valence-corrected chi connectivity index (χ2v) is 5.68. The summed E-state index contributed by atoms with van der Waals surface area (Å²) in [7, 11) is -4.14. The minimum Gasteiger partial charge on any atom is -0.367 e. The van der Waals surface area contributed by atoms with Gasteiger partial charge in [0.1, 0.15) is 18.2 Å². The Balaban J connectivity index is 2.05. The van der Waals surface area contributed by atoms with Gasteiger partial charge in [-0.15, -0.1) is 6.42 Å². The summed E-state index contributed by atoms with van der Waals surface area (Å²) in [5, 5.41) is 2.94. The van der Waals surface area contributed by atoms with E-state index >= 15 is 0 Å². The van der Waals surface area contributed by atoms with Crippen LogP contribution >= 0.6 is 7.60 Å². The van der Waals surface area contributed by atoms with Gasteiger partial charge in [-0.25, -0.2) is 15.0 Å². The Bertz CT molecular complexity index is 704. The number of rotatable bonds is 7. The van der Waals surface area contributed by atoms with Gasteiger partial charge >= 0.3 is 7.60 Å². The van der Waals surface area contributed by atoms with Crippen LogP contribution in [0.3, 0.4) is 0 Å². The highest BCUT2D eigenvalue weighted by Crippen LogP contribution is 2.33. The normalized spacial score (nSPS) is 11.5. The van der Waals surface area contributed by atoms with Crippen molar-refractivity contribution in [2.24, 2.45) is 0 Å². The lowest BCUT2D eigenvalue weighted by atomic mass is 10.4. The van der Waals surface area contributed by atoms with Gasteiger partial charge in [-0.05, 0) is 0 Å². The number of fused-ring (bicyclic) bond motifs is 1. The molecule has 0 atom stereocenters. The molecule has 2 rings (SSSR count). The molecule has 0 amide bonds. The molecule has 9 nitrogen and oxygen atoms in total. The number of imidazole rings is 1. The van der Waals surface area contributed by atoms with E-state index in [0.29, 0.717) is 30.1 Å². The number of anilines is 1. The minimum absolute atomic E-state index is 0.133. The Morgan fingerprint density at radius 2 is 2.24 bits per heavy atom. The molecular formula is C11H14N5O4P. The lowest BCUT2D eigenvalue weighted by molar-refractivity contribution is 0.149. The first kappa shape index (κ1) is 15.4. The van der Waals surface area contributed by atoms with Crippen LogP contribution in [0.15, 0.2) is 12.7 Å². The summed E-state index contributed by atoms with van der Waals surface area (Å²) in [4.78, 5) is 29.8. The van der Waals surface area contributed by atoms with Crippen LogP contribution in [0.4, 0.5) is 5.82 Å². The zero-order valence-corrected chi connectivity index (χ0v) is 11.9. The first-order valence-corrected chi connectivity index (χ1v) is 7.76. The predicted molar refractivity (Wildman–Crippen MR) is 75.5 cm³/mol. The van der Waals surface area contributed by atoms with E-state index in [4.69, 9.17) is 20.9 Å². The molecule has 0 aliphatic carbocycles. The Labute approximate surface area is 120 Å². The molecule has 0 aliphatic rings. The highest BCUT2D eigenvalue weighted by atomic mass is 31.2. The summed E-state index contributed by atoms with van der Waals surface area (Å²) in [6.07, 6.45) is 7.51. The smallest absolute Gasteiger partial charge is 0.350 e. The van der Waals surface area contributed by atoms with Crippen molar-refractivity contribution in [1.82, 2.24) is 19.5 Å². The summed E-state index contributed by atoms with van der Waals surface area (Å²) >= 11 is 0. The number of aromatic nitrogens is 4. The lowest BCUT2D eigenvalue weighted by Gasteiger charge is -2.07. The van der Waals surface area contributed by atoms with Crippen LogP contribution in [0.25, 0.3) is 11.2 Å². The Kier molecular flexibility index (Phi) is 4.88. The predicted octanol–water partition coefficient (Wildman–Crippen LogP) is 0.0232. The third-order valence-corrected chi connectivity index (χ3v) is 3.01. The SMILES string of the molecule is C#CCNc1ncnc2c1ncn2CCOCP(=O)(O)O. The van der Waals surface area contributed by atoms with E-state index in [9.17, 15) is 4.57 Å². The Hall–Kier alpha value is -1.98. The number of hydrogen-bond donors (Lipinski definition) is 3. The highest BCUT2D eigenvalue weighted by Gasteiger charge is 2.13. The summed E-state index contributed by atoms with van der Waals surface area (Å²) in [5.41, 5.74) is 1.16. The standard InChI is InChI=1S/C11H14N5O4P/c1-2-3-12-10-9-11(14-6-13-10)16(7-15-9)4-5-20-8-21(17,18)19/h1,6-7H,3-5,8H2,(H,12,13,14)(H2,17,18,19). The molecule has 0 saturated heterocycles. The Morgan fingerprint density at radius 3 is 2.95 bits per heavy atom. The monoisotopic (exact) mass is 311 g/mol. The van der Waals surface area contributed by atoms with Crippen LogP contribution in [-0.2, 0) is 15.8 Å². The fraction of sp³-hybridized carbons (Fsp3) is 0.364. The van der Waals surface area contributed by atoms with E-state index < -0.39 is 13.9 Å². The number of terminal acetylenes is 1. The van der Waals surface area contributed by atoms with Gasteiger partial charge in [0, 0.05) is 6.54 Å². The second-order valence-electron chi connectivity index (χ2n) is 4.09. The molecule has 0 saturated carbocycles. The maximum absolute atomic E-state index is 10.7. The van der Waals surface area contributed by atoms with Gasteiger partial charge in [0.2, 0.25) is 0 Å². The topological polar surface area (TPSA) is 122 Å². The molecule has 2 heterocycles. The van der Waals surface area contributed by atoms with Gasteiger partial charge in [0.15, 0.2) is 11.5 Å². The zero-order valence-electron chi connectivity index (χ0n) is 11.0. The zero-order chi connectivity index (χ0) is 15.3. The summed E-state index contributed by atoms with van der Waals surface area (Å²) in [6, 6.07) is 0. The van der Waals surface area contributed by atoms with E-state index in [-0.39, 0.29) is 6.61 Å². The number of hydrogen-bond acceptors (Lipinski definition) is 6. The first-order chi connectivity index (χ1) is 10.0. The van der Waals surface area contributed by atoms with Crippen LogP contribution < -0.4 is 5.32 Å². The van der Waals surface area contributed by atoms with Gasteiger partial charge in [-0.2, -0.15) is 0 Å². The van der Waals surface area contributed by atoms with Gasteiger partial charge in [-0.1, -0.05) is 5.92 Å². The van der Waals surface area contributed by atoms with E-state index in [2.05, 4.69) is 26.2 Å². The summed E-state index contributed by atoms with van der Waals surface area (Å²) < 4.78 is 17.3. The molecular weight excluding hydrogens is 297 g/mol. The molecule has 0 unspecified atom stereocenters. The minimum atomic E-state index is -4.14. The fourth-order valence-corrected chi connectivity index (χ4v) is 2.02. The van der Waals surface area contributed by atoms with E-state index in [0.717, 1.165) is 0 Å². The van der Waals surface area contributed by atoms with E-state index in [1.54, 1.807) is 10.9 Å². The highest BCUT2D eigenvalue weighted by molar-refractivity contribution is 7.51. The summed E-state index contributed by atoms with van der Waals surface area (Å²) in [6.45, 7) is 0.820. The van der Waals surface area contributed by atoms with Crippen LogP contribution in [0.1, 0.15) is 0 Å². The summed E-state index contributed by atoms with van der Waals surface area (Å²) in [5.74, 6) is 2.98. The molecule has 0 aliphatic heterocycles. The van der Waals surface area contributed by atoms with Gasteiger partial charge < -0.3 is 24.4 Å². The second kappa shape index (κ2) is 6.65. The van der Waals surface area contributed by atoms with Gasteiger partial charge in [0.05, 0.1) is 19.5 Å². The molecule has 10 heteroatoms. The van der Waals surface area contributed by atoms with Crippen molar-refractivity contribution in [1.29, 1.82) is 0 Å². The number of nitrogens with zero attached hydrogens (tertiary/aromatic N) is 4. The molecule has 2 aromatic heterocycles. The first-order valence-electron chi connectivity index (χ1n) is 5.97. The molecule has 0 radical (unpaired) electrons. The average molecular weight is 311 g/mol. The van der Waals surface area contributed by atoms with Crippen molar-refractivity contribution in [2.45, 2.75) is 6.54 Å². The molecule has 2 aromatic rings. The van der Waals surface area contributed by atoms with Gasteiger partial charge in [-0.3, -0.25) is 4.57 Å². The quantitative estimate of drug-likeness (QED) is 0.372. The van der Waals surface area contributed by atoms with Crippen molar-refractivity contribution < 1.29 is 19.1 Å². The van der Waals surface area contributed by atoms with Crippen molar-refractivity contribution in [2.75, 3.05) is 24.8 Å². The van der Waals surface area contributed by atoms with Crippen molar-refractivity contribution in [3.63, 3.8) is 0 Å². The molecule has 0 spiro atoms. The van der Waals surface area contributed by atoms with E-state index in [1.807, 2.05) is 0 Å². The van der Waals surface area contributed by atoms with Crippen LogP contribution in [0.2, 0.25) is 0 Å². The Morgan fingerprint density at radius 1 is 1.43 bits per heavy atom. The molecule has 0 bridgehead atoms. The van der Waals surface area contributed by atoms with Crippen molar-refractivity contribution in [3.8, 4) is 12.3 Å². The molecule has 21 heavy (non-hydrogen) atoms. The largest absolute Gasteiger partial charge is 0.367 e. The average Bonchev–Trinajstić information content (AvgIpc) is 2.84. The van der Waals surface area contributed by atoms with Gasteiger partial charge in [0.25, 0.3) is 0 Å². The third kappa shape index (κ3) is 4.24. The van der Waals surface area contributed by atoms with Crippen molar-refractivity contribution >= 4 is 24.6 Å². The molecule has 0 aromatic carbocycles. The third-order valence-electron chi connectivity index (χ3n) is 2.50. The lowest BCUT2D eigenvalue weighted by Crippen LogP contribution is -2.07. The van der Waals surface area contributed by atoms with Crippen LogP contribution in [0.5, 0.6) is 0 Å².